The van der Waals surface area contributed by atoms with Crippen molar-refractivity contribution in [3.05, 3.63) is 63.9 Å². The fraction of sp³-hybridized carbons (Fsp3) is 0.481. The van der Waals surface area contributed by atoms with Crippen LogP contribution in [-0.4, -0.2) is 53.4 Å². The normalized spacial score (nSPS) is 25.4. The predicted octanol–water partition coefficient (Wildman–Crippen LogP) is 3.37. The van der Waals surface area contributed by atoms with Crippen LogP contribution in [0.4, 0.5) is 18.9 Å². The van der Waals surface area contributed by atoms with Gasteiger partial charge < -0.3 is 26.2 Å². The van der Waals surface area contributed by atoms with Gasteiger partial charge >= 0.3 is 0 Å². The zero-order valence-corrected chi connectivity index (χ0v) is 22.0. The second-order valence-corrected chi connectivity index (χ2v) is 11.6. The van der Waals surface area contributed by atoms with Crippen LogP contribution in [0.25, 0.3) is 0 Å². The molecule has 4 rings (SSSR count). The van der Waals surface area contributed by atoms with E-state index in [1.165, 1.54) is 12.1 Å². The molecule has 11 heteroatoms. The van der Waals surface area contributed by atoms with Crippen LogP contribution in [0.2, 0.25) is 5.02 Å². The number of nitrogens with one attached hydrogen (secondary N) is 3. The van der Waals surface area contributed by atoms with Crippen molar-refractivity contribution in [3.8, 4) is 0 Å². The Kier molecular flexibility index (Phi) is 7.82. The van der Waals surface area contributed by atoms with Gasteiger partial charge in [0.05, 0.1) is 23.8 Å². The molecule has 0 radical (unpaired) electrons. The first-order valence-electron chi connectivity index (χ1n) is 12.4. The average Bonchev–Trinajstić information content (AvgIpc) is 3.30. The molecule has 0 aromatic heterocycles. The molecule has 206 valence electrons. The lowest BCUT2D eigenvalue weighted by Gasteiger charge is -2.37. The SMILES string of the molecule is CC(C)(C)C[C@H]1N[C@@H](C(=O)NCC[C@@H](O)CO)[C@H](c2ccc(F)c(F)c2)[C@@]12C(=O)Nc1cc(Cl)c(F)cc12. The molecule has 0 saturated carbocycles. The molecule has 1 spiro atoms. The standard InChI is InChI=1S/C27H31ClF3N3O4/c1-26(2,3)11-21-27(15-9-18(30)16(28)10-20(15)33-25(27)38)22(13-4-5-17(29)19(31)8-13)23(34-21)24(37)32-7-6-14(36)12-35/h4-5,8-10,14,21-23,34-36H,6-7,11-12H2,1-3H3,(H,32,37)(H,33,38)/t14-,21-,22+,23-,27+/m1/s1. The van der Waals surface area contributed by atoms with Crippen LogP contribution in [0.15, 0.2) is 30.3 Å². The quantitative estimate of drug-likeness (QED) is 0.361. The molecule has 5 atom stereocenters. The number of aliphatic hydroxyl groups is 2. The van der Waals surface area contributed by atoms with Crippen molar-refractivity contribution in [3.63, 3.8) is 0 Å². The van der Waals surface area contributed by atoms with Crippen molar-refractivity contribution in [1.82, 2.24) is 10.6 Å². The number of rotatable bonds is 7. The number of amides is 2. The van der Waals surface area contributed by atoms with Gasteiger partial charge in [0.15, 0.2) is 11.6 Å². The molecule has 38 heavy (non-hydrogen) atoms. The molecule has 1 fully saturated rings. The van der Waals surface area contributed by atoms with Gasteiger partial charge in [0.2, 0.25) is 11.8 Å². The van der Waals surface area contributed by atoms with Crippen molar-refractivity contribution < 1.29 is 33.0 Å². The summed E-state index contributed by atoms with van der Waals surface area (Å²) in [5.41, 5.74) is -1.19. The number of carbonyl (C=O) groups is 2. The van der Waals surface area contributed by atoms with Crippen molar-refractivity contribution in [2.24, 2.45) is 5.41 Å². The number of halogens is 4. The van der Waals surface area contributed by atoms with Crippen molar-refractivity contribution in [2.75, 3.05) is 18.5 Å². The molecule has 2 aliphatic heterocycles. The minimum absolute atomic E-state index is 0.0210. The summed E-state index contributed by atoms with van der Waals surface area (Å²) in [6, 6.07) is 3.86. The molecule has 2 heterocycles. The summed E-state index contributed by atoms with van der Waals surface area (Å²) in [7, 11) is 0. The number of hydrogen-bond donors (Lipinski definition) is 5. The summed E-state index contributed by atoms with van der Waals surface area (Å²) in [4.78, 5) is 27.5. The maximum absolute atomic E-state index is 14.9. The second-order valence-electron chi connectivity index (χ2n) is 11.2. The number of fused-ring (bicyclic) bond motifs is 2. The zero-order chi connectivity index (χ0) is 28.0. The smallest absolute Gasteiger partial charge is 0.237 e. The number of anilines is 1. The third-order valence-corrected chi connectivity index (χ3v) is 7.56. The van der Waals surface area contributed by atoms with Gasteiger partial charge in [0.1, 0.15) is 11.2 Å². The van der Waals surface area contributed by atoms with Gasteiger partial charge in [-0.15, -0.1) is 0 Å². The fourth-order valence-electron chi connectivity index (χ4n) is 5.70. The van der Waals surface area contributed by atoms with E-state index in [-0.39, 0.29) is 40.2 Å². The molecule has 2 aromatic carbocycles. The average molecular weight is 554 g/mol. The van der Waals surface area contributed by atoms with Crippen LogP contribution in [0.5, 0.6) is 0 Å². The van der Waals surface area contributed by atoms with E-state index in [0.29, 0.717) is 6.42 Å². The fourth-order valence-corrected chi connectivity index (χ4v) is 5.87. The van der Waals surface area contributed by atoms with Gasteiger partial charge in [-0.2, -0.15) is 0 Å². The summed E-state index contributed by atoms with van der Waals surface area (Å²) in [5.74, 6) is -5.12. The van der Waals surface area contributed by atoms with Crippen LogP contribution in [0.1, 0.15) is 50.7 Å². The monoisotopic (exact) mass is 553 g/mol. The lowest BCUT2D eigenvalue weighted by Crippen LogP contribution is -2.49. The largest absolute Gasteiger partial charge is 0.394 e. The first-order chi connectivity index (χ1) is 17.8. The maximum atomic E-state index is 14.9. The Hall–Kier alpha value is -2.66. The Morgan fingerprint density at radius 2 is 1.87 bits per heavy atom. The van der Waals surface area contributed by atoms with E-state index in [1.54, 1.807) is 0 Å². The summed E-state index contributed by atoms with van der Waals surface area (Å²) < 4.78 is 43.3. The van der Waals surface area contributed by atoms with E-state index < -0.39 is 65.4 Å². The molecule has 0 aliphatic carbocycles. The van der Waals surface area contributed by atoms with E-state index in [1.807, 2.05) is 20.8 Å². The third kappa shape index (κ3) is 5.02. The number of aliphatic hydroxyl groups excluding tert-OH is 2. The van der Waals surface area contributed by atoms with Crippen LogP contribution in [0, 0.1) is 22.9 Å². The van der Waals surface area contributed by atoms with Gasteiger partial charge in [-0.3, -0.25) is 9.59 Å². The van der Waals surface area contributed by atoms with Crippen LogP contribution in [0.3, 0.4) is 0 Å². The van der Waals surface area contributed by atoms with Crippen LogP contribution >= 0.6 is 11.6 Å². The van der Waals surface area contributed by atoms with Crippen LogP contribution in [-0.2, 0) is 15.0 Å². The van der Waals surface area contributed by atoms with E-state index >= 15 is 0 Å². The molecule has 0 bridgehead atoms. The Morgan fingerprint density at radius 1 is 1.16 bits per heavy atom. The molecule has 2 aromatic rings. The Morgan fingerprint density at radius 3 is 2.50 bits per heavy atom. The highest BCUT2D eigenvalue weighted by molar-refractivity contribution is 6.31. The molecule has 1 saturated heterocycles. The second kappa shape index (κ2) is 10.5. The number of hydrogen-bond acceptors (Lipinski definition) is 5. The van der Waals surface area contributed by atoms with Crippen molar-refractivity contribution in [1.29, 1.82) is 0 Å². The highest BCUT2D eigenvalue weighted by atomic mass is 35.5. The van der Waals surface area contributed by atoms with Crippen molar-refractivity contribution in [2.45, 2.75) is 63.1 Å². The minimum Gasteiger partial charge on any atom is -0.394 e. The molecule has 5 N–H and O–H groups in total. The predicted molar refractivity (Wildman–Crippen MR) is 136 cm³/mol. The van der Waals surface area contributed by atoms with E-state index in [0.717, 1.165) is 18.2 Å². The lowest BCUT2D eigenvalue weighted by atomic mass is 9.62. The Bertz CT molecular complexity index is 1250. The van der Waals surface area contributed by atoms with Gasteiger partial charge in [0.25, 0.3) is 0 Å². The summed E-state index contributed by atoms with van der Waals surface area (Å²) in [6.45, 7) is 5.41. The Balaban J connectivity index is 1.90. The summed E-state index contributed by atoms with van der Waals surface area (Å²) >= 11 is 6.01. The van der Waals surface area contributed by atoms with Crippen LogP contribution < -0.4 is 16.0 Å². The first kappa shape index (κ1) is 28.4. The van der Waals surface area contributed by atoms with Crippen molar-refractivity contribution >= 4 is 29.1 Å². The molecule has 0 unspecified atom stereocenters. The zero-order valence-electron chi connectivity index (χ0n) is 21.2. The number of carbonyl (C=O) groups excluding carboxylic acids is 2. The summed E-state index contributed by atoms with van der Waals surface area (Å²) in [5, 5.41) is 27.3. The summed E-state index contributed by atoms with van der Waals surface area (Å²) in [6.07, 6.45) is -0.583. The van der Waals surface area contributed by atoms with E-state index in [4.69, 9.17) is 16.7 Å². The van der Waals surface area contributed by atoms with Gasteiger partial charge in [-0.1, -0.05) is 38.4 Å². The lowest BCUT2D eigenvalue weighted by molar-refractivity contribution is -0.124. The highest BCUT2D eigenvalue weighted by Gasteiger charge is 2.66. The van der Waals surface area contributed by atoms with E-state index in [2.05, 4.69) is 16.0 Å². The molecule has 2 aliphatic rings. The molecule has 7 nitrogen and oxygen atoms in total. The maximum Gasteiger partial charge on any atom is 0.237 e. The van der Waals surface area contributed by atoms with E-state index in [9.17, 15) is 27.9 Å². The molecular formula is C27H31ClF3N3O4. The van der Waals surface area contributed by atoms with Gasteiger partial charge in [-0.05, 0) is 53.6 Å². The third-order valence-electron chi connectivity index (χ3n) is 7.27. The topological polar surface area (TPSA) is 111 Å². The van der Waals surface area contributed by atoms with Gasteiger partial charge in [-0.25, -0.2) is 13.2 Å². The first-order valence-corrected chi connectivity index (χ1v) is 12.8. The molecular weight excluding hydrogens is 523 g/mol. The minimum atomic E-state index is -1.56. The molecule has 2 amide bonds. The number of benzene rings is 2. The van der Waals surface area contributed by atoms with Gasteiger partial charge in [0, 0.05) is 24.2 Å². The Labute approximate surface area is 223 Å². The highest BCUT2D eigenvalue weighted by Crippen LogP contribution is 2.57.